The van der Waals surface area contributed by atoms with E-state index in [1.807, 2.05) is 11.8 Å². The summed E-state index contributed by atoms with van der Waals surface area (Å²) in [6.07, 6.45) is 0. The lowest BCUT2D eigenvalue weighted by Crippen LogP contribution is -2.42. The van der Waals surface area contributed by atoms with Crippen LogP contribution in [0.1, 0.15) is 19.4 Å². The van der Waals surface area contributed by atoms with Crippen LogP contribution >= 0.6 is 23.4 Å². The van der Waals surface area contributed by atoms with E-state index in [9.17, 15) is 0 Å². The van der Waals surface area contributed by atoms with E-state index in [1.165, 1.54) is 10.5 Å². The highest BCUT2D eigenvalue weighted by Crippen LogP contribution is 2.31. The van der Waals surface area contributed by atoms with Crippen LogP contribution in [0.3, 0.4) is 0 Å². The number of benzene rings is 1. The van der Waals surface area contributed by atoms with Crippen molar-refractivity contribution in [3.8, 4) is 0 Å². The molecule has 0 aromatic heterocycles. The van der Waals surface area contributed by atoms with Gasteiger partial charge in [-0.2, -0.15) is 0 Å². The summed E-state index contributed by atoms with van der Waals surface area (Å²) in [5.74, 6) is 0. The van der Waals surface area contributed by atoms with Crippen LogP contribution in [0.4, 0.5) is 0 Å². The maximum atomic E-state index is 6.34. The first-order valence-corrected chi connectivity index (χ1v) is 7.79. The van der Waals surface area contributed by atoms with Gasteiger partial charge in [0.15, 0.2) is 0 Å². The molecule has 0 saturated carbocycles. The molecular formula is C14H21ClN2S. The van der Waals surface area contributed by atoms with E-state index >= 15 is 0 Å². The van der Waals surface area contributed by atoms with Gasteiger partial charge < -0.3 is 5.32 Å². The van der Waals surface area contributed by atoms with Crippen LogP contribution in [0.5, 0.6) is 0 Å². The molecule has 1 saturated heterocycles. The Balaban J connectivity index is 1.99. The Morgan fingerprint density at radius 1 is 1.33 bits per heavy atom. The highest BCUT2D eigenvalue weighted by Gasteiger charge is 2.11. The second-order valence-electron chi connectivity index (χ2n) is 4.96. The van der Waals surface area contributed by atoms with Crippen molar-refractivity contribution in [2.75, 3.05) is 26.2 Å². The summed E-state index contributed by atoms with van der Waals surface area (Å²) in [4.78, 5) is 3.66. The molecule has 0 aliphatic carbocycles. The van der Waals surface area contributed by atoms with Crippen molar-refractivity contribution in [3.05, 3.63) is 28.8 Å². The van der Waals surface area contributed by atoms with E-state index in [0.717, 1.165) is 37.7 Å². The Morgan fingerprint density at radius 3 is 2.67 bits per heavy atom. The Morgan fingerprint density at radius 2 is 2.06 bits per heavy atom. The van der Waals surface area contributed by atoms with Crippen molar-refractivity contribution in [1.29, 1.82) is 0 Å². The summed E-state index contributed by atoms with van der Waals surface area (Å²) in [6, 6.07) is 6.48. The third-order valence-electron chi connectivity index (χ3n) is 2.97. The zero-order valence-corrected chi connectivity index (χ0v) is 12.7. The Labute approximate surface area is 119 Å². The van der Waals surface area contributed by atoms with Gasteiger partial charge in [-0.25, -0.2) is 0 Å². The molecule has 1 aromatic rings. The van der Waals surface area contributed by atoms with Gasteiger partial charge >= 0.3 is 0 Å². The smallest absolute Gasteiger partial charge is 0.0545 e. The second-order valence-corrected chi connectivity index (χ2v) is 6.98. The second kappa shape index (κ2) is 6.80. The van der Waals surface area contributed by atoms with Gasteiger partial charge in [0.1, 0.15) is 0 Å². The SMILES string of the molecule is CC(C)Sc1ccc(CN2CCNCC2)cc1Cl. The van der Waals surface area contributed by atoms with Gasteiger partial charge in [0, 0.05) is 42.9 Å². The molecule has 1 N–H and O–H groups in total. The van der Waals surface area contributed by atoms with Crippen molar-refractivity contribution < 1.29 is 0 Å². The zero-order chi connectivity index (χ0) is 13.0. The summed E-state index contributed by atoms with van der Waals surface area (Å²) >= 11 is 8.16. The van der Waals surface area contributed by atoms with Gasteiger partial charge in [-0.15, -0.1) is 11.8 Å². The monoisotopic (exact) mass is 284 g/mol. The van der Waals surface area contributed by atoms with Crippen molar-refractivity contribution in [2.24, 2.45) is 0 Å². The van der Waals surface area contributed by atoms with E-state index in [1.54, 1.807) is 0 Å². The fraction of sp³-hybridized carbons (Fsp3) is 0.571. The van der Waals surface area contributed by atoms with E-state index in [2.05, 4.69) is 42.3 Å². The summed E-state index contributed by atoms with van der Waals surface area (Å²) < 4.78 is 0. The van der Waals surface area contributed by atoms with Gasteiger partial charge in [-0.1, -0.05) is 31.5 Å². The average Bonchev–Trinajstić information content (AvgIpc) is 2.33. The average molecular weight is 285 g/mol. The molecule has 0 bridgehead atoms. The van der Waals surface area contributed by atoms with E-state index in [4.69, 9.17) is 11.6 Å². The molecule has 4 heteroatoms. The van der Waals surface area contributed by atoms with Crippen LogP contribution in [0.2, 0.25) is 5.02 Å². The summed E-state index contributed by atoms with van der Waals surface area (Å²) in [7, 11) is 0. The molecule has 0 radical (unpaired) electrons. The van der Waals surface area contributed by atoms with E-state index in [-0.39, 0.29) is 0 Å². The molecule has 1 aliphatic rings. The standard InChI is InChI=1S/C14H21ClN2S/c1-11(2)18-14-4-3-12(9-13(14)15)10-17-7-5-16-6-8-17/h3-4,9,11,16H,5-8,10H2,1-2H3. The fourth-order valence-electron chi connectivity index (χ4n) is 2.12. The lowest BCUT2D eigenvalue weighted by atomic mass is 10.2. The van der Waals surface area contributed by atoms with Crippen LogP contribution in [0.15, 0.2) is 23.1 Å². The highest BCUT2D eigenvalue weighted by molar-refractivity contribution is 8.00. The predicted octanol–water partition coefficient (Wildman–Crippen LogP) is 3.25. The molecule has 1 aliphatic heterocycles. The number of halogens is 1. The van der Waals surface area contributed by atoms with Crippen molar-refractivity contribution in [1.82, 2.24) is 10.2 Å². The lowest BCUT2D eigenvalue weighted by molar-refractivity contribution is 0.233. The minimum atomic E-state index is 0.571. The number of hydrogen-bond acceptors (Lipinski definition) is 3. The van der Waals surface area contributed by atoms with Gasteiger partial charge in [0.2, 0.25) is 0 Å². The van der Waals surface area contributed by atoms with Crippen molar-refractivity contribution in [2.45, 2.75) is 30.5 Å². The summed E-state index contributed by atoms with van der Waals surface area (Å²) in [5, 5.41) is 4.83. The quantitative estimate of drug-likeness (QED) is 0.855. The predicted molar refractivity (Wildman–Crippen MR) is 80.6 cm³/mol. The van der Waals surface area contributed by atoms with Crippen LogP contribution in [0.25, 0.3) is 0 Å². The van der Waals surface area contributed by atoms with E-state index in [0.29, 0.717) is 5.25 Å². The maximum absolute atomic E-state index is 6.34. The number of nitrogens with one attached hydrogen (secondary N) is 1. The molecule has 18 heavy (non-hydrogen) atoms. The molecule has 1 aromatic carbocycles. The first kappa shape index (κ1) is 14.2. The molecule has 1 heterocycles. The van der Waals surface area contributed by atoms with Gasteiger partial charge in [0.25, 0.3) is 0 Å². The third kappa shape index (κ3) is 4.16. The minimum Gasteiger partial charge on any atom is -0.314 e. The number of rotatable bonds is 4. The topological polar surface area (TPSA) is 15.3 Å². The fourth-order valence-corrected chi connectivity index (χ4v) is 3.28. The van der Waals surface area contributed by atoms with E-state index < -0.39 is 0 Å². The molecule has 0 unspecified atom stereocenters. The van der Waals surface area contributed by atoms with Gasteiger partial charge in [0.05, 0.1) is 5.02 Å². The largest absolute Gasteiger partial charge is 0.314 e. The molecule has 1 fully saturated rings. The van der Waals surface area contributed by atoms with Crippen LogP contribution < -0.4 is 5.32 Å². The Hall–Kier alpha value is -0.220. The maximum Gasteiger partial charge on any atom is 0.0545 e. The number of hydrogen-bond donors (Lipinski definition) is 1. The molecule has 0 amide bonds. The van der Waals surface area contributed by atoms with Gasteiger partial charge in [-0.05, 0) is 17.7 Å². The molecule has 0 atom stereocenters. The van der Waals surface area contributed by atoms with Crippen LogP contribution in [-0.4, -0.2) is 36.3 Å². The lowest BCUT2D eigenvalue weighted by Gasteiger charge is -2.27. The van der Waals surface area contributed by atoms with Crippen molar-refractivity contribution in [3.63, 3.8) is 0 Å². The zero-order valence-electron chi connectivity index (χ0n) is 11.1. The molecule has 0 spiro atoms. The Bertz CT molecular complexity index is 389. The molecule has 2 nitrogen and oxygen atoms in total. The summed E-state index contributed by atoms with van der Waals surface area (Å²) in [5.41, 5.74) is 1.31. The first-order valence-electron chi connectivity index (χ1n) is 6.53. The van der Waals surface area contributed by atoms with Crippen molar-refractivity contribution >= 4 is 23.4 Å². The summed E-state index contributed by atoms with van der Waals surface area (Å²) in [6.45, 7) is 9.82. The van der Waals surface area contributed by atoms with Crippen LogP contribution in [-0.2, 0) is 6.54 Å². The third-order valence-corrected chi connectivity index (χ3v) is 4.48. The number of thioether (sulfide) groups is 1. The molecular weight excluding hydrogens is 264 g/mol. The normalized spacial score (nSPS) is 17.3. The molecule has 2 rings (SSSR count). The highest BCUT2D eigenvalue weighted by atomic mass is 35.5. The number of nitrogens with zero attached hydrogens (tertiary/aromatic N) is 1. The Kier molecular flexibility index (Phi) is 5.37. The molecule has 100 valence electrons. The minimum absolute atomic E-state index is 0.571. The van der Waals surface area contributed by atoms with Crippen LogP contribution in [0, 0.1) is 0 Å². The first-order chi connectivity index (χ1) is 8.65. The number of piperazine rings is 1. The van der Waals surface area contributed by atoms with Gasteiger partial charge in [-0.3, -0.25) is 4.90 Å².